The molecule has 0 radical (unpaired) electrons. The number of carbonyl (C=O) groups is 3. The van der Waals surface area contributed by atoms with Gasteiger partial charge in [-0.3, -0.25) is 25.2 Å². The highest BCUT2D eigenvalue weighted by Gasteiger charge is 2.25. The summed E-state index contributed by atoms with van der Waals surface area (Å²) in [5, 5.41) is 2.58. The van der Waals surface area contributed by atoms with Crippen LogP contribution in [0.15, 0.2) is 16.7 Å². The van der Waals surface area contributed by atoms with Crippen molar-refractivity contribution in [2.24, 2.45) is 12.5 Å². The van der Waals surface area contributed by atoms with Gasteiger partial charge in [0.2, 0.25) is 5.91 Å². The van der Waals surface area contributed by atoms with Crippen LogP contribution in [-0.2, 0) is 16.6 Å². The number of rotatable bonds is 3. The standard InChI is InChI=1S/C14H21BrN4O3/c1-8(16-13(22)14(2,3)4)11(20)17-18-12(21)10-6-9(15)7-19(10)5/h6-8H,1-5H3,(H,16,22)(H,17,20)(H,18,21). The molecular formula is C14H21BrN4O3. The van der Waals surface area contributed by atoms with Gasteiger partial charge in [0.05, 0.1) is 0 Å². The van der Waals surface area contributed by atoms with Gasteiger partial charge in [-0.05, 0) is 28.9 Å². The first-order valence-electron chi connectivity index (χ1n) is 6.75. The molecule has 0 saturated carbocycles. The van der Waals surface area contributed by atoms with E-state index < -0.39 is 23.3 Å². The van der Waals surface area contributed by atoms with Gasteiger partial charge >= 0.3 is 0 Å². The Morgan fingerprint density at radius 2 is 1.82 bits per heavy atom. The van der Waals surface area contributed by atoms with Gasteiger partial charge in [-0.15, -0.1) is 0 Å². The summed E-state index contributed by atoms with van der Waals surface area (Å²) in [6.07, 6.45) is 1.73. The van der Waals surface area contributed by atoms with E-state index in [1.54, 1.807) is 51.6 Å². The Kier molecular flexibility index (Phi) is 5.76. The molecule has 1 aromatic heterocycles. The van der Waals surface area contributed by atoms with E-state index in [1.807, 2.05) is 0 Å². The number of hydrogen-bond acceptors (Lipinski definition) is 3. The molecule has 0 spiro atoms. The van der Waals surface area contributed by atoms with E-state index in [0.29, 0.717) is 5.69 Å². The van der Waals surface area contributed by atoms with E-state index in [2.05, 4.69) is 32.1 Å². The molecule has 8 heteroatoms. The zero-order valence-corrected chi connectivity index (χ0v) is 14.9. The predicted octanol–water partition coefficient (Wildman–Crippen LogP) is 1.10. The van der Waals surface area contributed by atoms with Crippen molar-refractivity contribution in [2.75, 3.05) is 0 Å². The maximum absolute atomic E-state index is 11.9. The molecule has 1 unspecified atom stereocenters. The fraction of sp³-hybridized carbons (Fsp3) is 0.500. The number of amides is 3. The molecule has 0 aliphatic rings. The summed E-state index contributed by atoms with van der Waals surface area (Å²) < 4.78 is 2.38. The Morgan fingerprint density at radius 3 is 2.27 bits per heavy atom. The lowest BCUT2D eigenvalue weighted by Gasteiger charge is -2.21. The Bertz CT molecular complexity index is 589. The van der Waals surface area contributed by atoms with E-state index in [9.17, 15) is 14.4 Å². The van der Waals surface area contributed by atoms with Crippen LogP contribution in [0.3, 0.4) is 0 Å². The van der Waals surface area contributed by atoms with Gasteiger partial charge in [0.1, 0.15) is 11.7 Å². The van der Waals surface area contributed by atoms with E-state index in [1.165, 1.54) is 0 Å². The van der Waals surface area contributed by atoms with Crippen molar-refractivity contribution < 1.29 is 14.4 Å². The third-order valence-corrected chi connectivity index (χ3v) is 3.36. The molecule has 22 heavy (non-hydrogen) atoms. The highest BCUT2D eigenvalue weighted by Crippen LogP contribution is 2.13. The van der Waals surface area contributed by atoms with Crippen LogP contribution >= 0.6 is 15.9 Å². The van der Waals surface area contributed by atoms with Crippen molar-refractivity contribution in [1.29, 1.82) is 0 Å². The van der Waals surface area contributed by atoms with Crippen molar-refractivity contribution in [3.63, 3.8) is 0 Å². The molecule has 3 amide bonds. The monoisotopic (exact) mass is 372 g/mol. The van der Waals surface area contributed by atoms with Crippen LogP contribution in [0.4, 0.5) is 0 Å². The molecule has 3 N–H and O–H groups in total. The Balaban J connectivity index is 2.54. The lowest BCUT2D eigenvalue weighted by Crippen LogP contribution is -2.52. The molecule has 7 nitrogen and oxygen atoms in total. The first kappa shape index (κ1) is 18.2. The molecule has 122 valence electrons. The number of hydrogen-bond donors (Lipinski definition) is 3. The molecule has 0 aromatic carbocycles. The second-order valence-electron chi connectivity index (χ2n) is 6.04. The fourth-order valence-electron chi connectivity index (χ4n) is 1.52. The van der Waals surface area contributed by atoms with Gasteiger partial charge in [0.25, 0.3) is 11.8 Å². The van der Waals surface area contributed by atoms with Crippen LogP contribution < -0.4 is 16.2 Å². The smallest absolute Gasteiger partial charge is 0.286 e. The van der Waals surface area contributed by atoms with E-state index in [4.69, 9.17) is 0 Å². The van der Waals surface area contributed by atoms with Crippen molar-refractivity contribution in [3.05, 3.63) is 22.4 Å². The molecule has 1 rings (SSSR count). The number of nitrogens with zero attached hydrogens (tertiary/aromatic N) is 1. The highest BCUT2D eigenvalue weighted by molar-refractivity contribution is 9.10. The number of carbonyl (C=O) groups excluding carboxylic acids is 3. The van der Waals surface area contributed by atoms with Gasteiger partial charge in [0, 0.05) is 23.1 Å². The van der Waals surface area contributed by atoms with Crippen molar-refractivity contribution >= 4 is 33.7 Å². The Morgan fingerprint density at radius 1 is 1.23 bits per heavy atom. The zero-order chi connectivity index (χ0) is 17.1. The van der Waals surface area contributed by atoms with Crippen LogP contribution in [0, 0.1) is 5.41 Å². The maximum atomic E-state index is 11.9. The van der Waals surface area contributed by atoms with E-state index in [0.717, 1.165) is 4.47 Å². The quantitative estimate of drug-likeness (QED) is 0.693. The third-order valence-electron chi connectivity index (χ3n) is 2.93. The minimum Gasteiger partial charge on any atom is -0.345 e. The zero-order valence-electron chi connectivity index (χ0n) is 13.3. The van der Waals surface area contributed by atoms with Gasteiger partial charge < -0.3 is 9.88 Å². The fourth-order valence-corrected chi connectivity index (χ4v) is 2.04. The molecule has 1 atom stereocenters. The molecule has 0 bridgehead atoms. The van der Waals surface area contributed by atoms with Gasteiger partial charge in [-0.25, -0.2) is 0 Å². The second kappa shape index (κ2) is 6.95. The lowest BCUT2D eigenvalue weighted by atomic mass is 9.95. The summed E-state index contributed by atoms with van der Waals surface area (Å²) >= 11 is 3.26. The largest absolute Gasteiger partial charge is 0.345 e. The first-order valence-corrected chi connectivity index (χ1v) is 7.54. The van der Waals surface area contributed by atoms with Crippen molar-refractivity contribution in [1.82, 2.24) is 20.7 Å². The first-order chi connectivity index (χ1) is 10.0. The highest BCUT2D eigenvalue weighted by atomic mass is 79.9. The topological polar surface area (TPSA) is 92.2 Å². The van der Waals surface area contributed by atoms with Crippen LogP contribution in [0.2, 0.25) is 0 Å². The third kappa shape index (κ3) is 4.87. The summed E-state index contributed by atoms with van der Waals surface area (Å²) in [5.41, 5.74) is 4.40. The van der Waals surface area contributed by atoms with E-state index >= 15 is 0 Å². The SMILES string of the molecule is CC(NC(=O)C(C)(C)C)C(=O)NNC(=O)c1cc(Br)cn1C. The summed E-state index contributed by atoms with van der Waals surface area (Å²) in [4.78, 5) is 35.6. The Hall–Kier alpha value is -1.83. The average Bonchev–Trinajstić information content (AvgIpc) is 2.73. The van der Waals surface area contributed by atoms with E-state index in [-0.39, 0.29) is 5.91 Å². The van der Waals surface area contributed by atoms with Crippen molar-refractivity contribution in [3.8, 4) is 0 Å². The average molecular weight is 373 g/mol. The molecular weight excluding hydrogens is 352 g/mol. The van der Waals surface area contributed by atoms with Gasteiger partial charge in [0.15, 0.2) is 0 Å². The van der Waals surface area contributed by atoms with Gasteiger partial charge in [-0.1, -0.05) is 20.8 Å². The molecule has 0 fully saturated rings. The lowest BCUT2D eigenvalue weighted by molar-refractivity contribution is -0.133. The molecule has 0 aliphatic carbocycles. The predicted molar refractivity (Wildman–Crippen MR) is 85.8 cm³/mol. The number of hydrazine groups is 1. The number of aryl methyl sites for hydroxylation is 1. The summed E-state index contributed by atoms with van der Waals surface area (Å²) in [7, 11) is 1.72. The summed E-state index contributed by atoms with van der Waals surface area (Å²) in [6.45, 7) is 6.80. The van der Waals surface area contributed by atoms with Crippen LogP contribution in [0.25, 0.3) is 0 Å². The molecule has 0 saturated heterocycles. The Labute approximate surface area is 137 Å². The minimum atomic E-state index is -0.757. The minimum absolute atomic E-state index is 0.243. The molecule has 1 heterocycles. The maximum Gasteiger partial charge on any atom is 0.286 e. The molecule has 0 aliphatic heterocycles. The second-order valence-corrected chi connectivity index (χ2v) is 6.96. The number of nitrogens with one attached hydrogen (secondary N) is 3. The van der Waals surface area contributed by atoms with Crippen LogP contribution in [0.5, 0.6) is 0 Å². The van der Waals surface area contributed by atoms with Crippen LogP contribution in [-0.4, -0.2) is 28.3 Å². The van der Waals surface area contributed by atoms with Gasteiger partial charge in [-0.2, -0.15) is 0 Å². The number of halogens is 1. The summed E-state index contributed by atoms with van der Waals surface area (Å²) in [5.74, 6) is -1.19. The summed E-state index contributed by atoms with van der Waals surface area (Å²) in [6, 6.07) is 0.874. The normalized spacial score (nSPS) is 12.5. The molecule has 1 aromatic rings. The number of aromatic nitrogens is 1. The van der Waals surface area contributed by atoms with Crippen molar-refractivity contribution in [2.45, 2.75) is 33.7 Å². The van der Waals surface area contributed by atoms with Crippen LogP contribution in [0.1, 0.15) is 38.2 Å².